The summed E-state index contributed by atoms with van der Waals surface area (Å²) in [5.41, 5.74) is 0. The monoisotopic (exact) mass is 251 g/mol. The average molecular weight is 252 g/mol. The first-order valence-electron chi connectivity index (χ1n) is 6.74. The lowest BCUT2D eigenvalue weighted by molar-refractivity contribution is 0.609. The standard InChI is InChI=1S/C13H18ClN3/c14-13-16-11(9-5-1-2-6-9)15-12(17-13)10-7-3-4-8-10/h9-10H,1-8H2. The van der Waals surface area contributed by atoms with Gasteiger partial charge in [-0.05, 0) is 37.3 Å². The second-order valence-corrected chi connectivity index (χ2v) is 5.62. The fraction of sp³-hybridized carbons (Fsp3) is 0.769. The topological polar surface area (TPSA) is 38.7 Å². The van der Waals surface area contributed by atoms with Crippen molar-refractivity contribution < 1.29 is 0 Å². The fourth-order valence-electron chi connectivity index (χ4n) is 3.11. The summed E-state index contributed by atoms with van der Waals surface area (Å²) in [6, 6.07) is 0. The summed E-state index contributed by atoms with van der Waals surface area (Å²) >= 11 is 6.04. The fourth-order valence-corrected chi connectivity index (χ4v) is 3.29. The van der Waals surface area contributed by atoms with Gasteiger partial charge in [0.15, 0.2) is 0 Å². The minimum Gasteiger partial charge on any atom is -0.217 e. The molecule has 0 unspecified atom stereocenters. The lowest BCUT2D eigenvalue weighted by atomic mass is 10.1. The van der Waals surface area contributed by atoms with Crippen LogP contribution in [0.1, 0.15) is 74.9 Å². The predicted octanol–water partition coefficient (Wildman–Crippen LogP) is 3.84. The second kappa shape index (κ2) is 4.89. The van der Waals surface area contributed by atoms with Gasteiger partial charge >= 0.3 is 0 Å². The summed E-state index contributed by atoms with van der Waals surface area (Å²) in [5, 5.41) is 0.392. The average Bonchev–Trinajstić information content (AvgIpc) is 3.02. The van der Waals surface area contributed by atoms with E-state index in [1.54, 1.807) is 0 Å². The number of nitrogens with zero attached hydrogens (tertiary/aromatic N) is 3. The molecule has 2 aliphatic rings. The van der Waals surface area contributed by atoms with Crippen molar-refractivity contribution in [1.82, 2.24) is 15.0 Å². The number of halogens is 1. The quantitative estimate of drug-likeness (QED) is 0.802. The maximum absolute atomic E-state index is 6.04. The summed E-state index contributed by atoms with van der Waals surface area (Å²) in [5.74, 6) is 2.94. The van der Waals surface area contributed by atoms with Crippen molar-refractivity contribution in [3.63, 3.8) is 0 Å². The van der Waals surface area contributed by atoms with Gasteiger partial charge in [0.2, 0.25) is 5.28 Å². The number of rotatable bonds is 2. The van der Waals surface area contributed by atoms with Crippen molar-refractivity contribution in [2.24, 2.45) is 0 Å². The van der Waals surface area contributed by atoms with E-state index in [2.05, 4.69) is 9.97 Å². The summed E-state index contributed by atoms with van der Waals surface area (Å²) in [7, 11) is 0. The Kier molecular flexibility index (Phi) is 3.28. The zero-order valence-electron chi connectivity index (χ0n) is 10.0. The van der Waals surface area contributed by atoms with Crippen molar-refractivity contribution in [1.29, 1.82) is 0 Å². The van der Waals surface area contributed by atoms with E-state index in [1.165, 1.54) is 51.4 Å². The van der Waals surface area contributed by atoms with Crippen molar-refractivity contribution in [2.75, 3.05) is 0 Å². The van der Waals surface area contributed by atoms with Crippen LogP contribution >= 0.6 is 11.6 Å². The molecule has 0 aromatic carbocycles. The molecule has 0 aliphatic heterocycles. The van der Waals surface area contributed by atoms with Crippen LogP contribution in [-0.2, 0) is 0 Å². The lowest BCUT2D eigenvalue weighted by Gasteiger charge is -2.12. The first-order valence-corrected chi connectivity index (χ1v) is 7.12. The molecule has 0 spiro atoms. The Bertz CT molecular complexity index is 361. The van der Waals surface area contributed by atoms with Crippen LogP contribution < -0.4 is 0 Å². The van der Waals surface area contributed by atoms with Crippen LogP contribution in [0.5, 0.6) is 0 Å². The van der Waals surface area contributed by atoms with Gasteiger partial charge in [0.1, 0.15) is 11.6 Å². The van der Waals surface area contributed by atoms with Gasteiger partial charge in [0, 0.05) is 11.8 Å². The molecular formula is C13H18ClN3. The van der Waals surface area contributed by atoms with Crippen molar-refractivity contribution in [2.45, 2.75) is 63.2 Å². The van der Waals surface area contributed by atoms with E-state index in [-0.39, 0.29) is 0 Å². The van der Waals surface area contributed by atoms with Crippen molar-refractivity contribution >= 4 is 11.6 Å². The molecule has 92 valence electrons. The minimum atomic E-state index is 0.392. The molecule has 2 fully saturated rings. The van der Waals surface area contributed by atoms with Gasteiger partial charge in [-0.15, -0.1) is 0 Å². The molecule has 3 rings (SSSR count). The Morgan fingerprint density at radius 1 is 0.706 bits per heavy atom. The highest BCUT2D eigenvalue weighted by Gasteiger charge is 2.25. The van der Waals surface area contributed by atoms with Gasteiger partial charge in [0.25, 0.3) is 0 Å². The smallest absolute Gasteiger partial charge is 0.217 e. The van der Waals surface area contributed by atoms with E-state index in [0.29, 0.717) is 17.1 Å². The van der Waals surface area contributed by atoms with E-state index in [0.717, 1.165) is 11.6 Å². The second-order valence-electron chi connectivity index (χ2n) is 5.28. The molecule has 4 heteroatoms. The van der Waals surface area contributed by atoms with Gasteiger partial charge in [-0.25, -0.2) is 15.0 Å². The maximum atomic E-state index is 6.04. The van der Waals surface area contributed by atoms with Gasteiger partial charge in [-0.1, -0.05) is 25.7 Å². The first kappa shape index (κ1) is 11.4. The minimum absolute atomic E-state index is 0.392. The largest absolute Gasteiger partial charge is 0.225 e. The molecule has 2 saturated carbocycles. The van der Waals surface area contributed by atoms with Gasteiger partial charge in [-0.2, -0.15) is 0 Å². The van der Waals surface area contributed by atoms with Crippen molar-refractivity contribution in [3.8, 4) is 0 Å². The van der Waals surface area contributed by atoms with Crippen LogP contribution in [0.15, 0.2) is 0 Å². The predicted molar refractivity (Wildman–Crippen MR) is 67.3 cm³/mol. The van der Waals surface area contributed by atoms with Crippen LogP contribution in [0.4, 0.5) is 0 Å². The molecule has 2 aliphatic carbocycles. The summed E-state index contributed by atoms with van der Waals surface area (Å²) < 4.78 is 0. The molecular weight excluding hydrogens is 234 g/mol. The van der Waals surface area contributed by atoms with Crippen LogP contribution in [0.3, 0.4) is 0 Å². The highest BCUT2D eigenvalue weighted by molar-refractivity contribution is 6.28. The molecule has 0 N–H and O–H groups in total. The molecule has 0 atom stereocenters. The Hall–Kier alpha value is -0.700. The third-order valence-corrected chi connectivity index (χ3v) is 4.25. The summed E-state index contributed by atoms with van der Waals surface area (Å²) in [6.45, 7) is 0. The SMILES string of the molecule is Clc1nc(C2CCCC2)nc(C2CCCC2)n1. The van der Waals surface area contributed by atoms with Gasteiger partial charge < -0.3 is 0 Å². The van der Waals surface area contributed by atoms with Gasteiger partial charge in [-0.3, -0.25) is 0 Å². The molecule has 3 nitrogen and oxygen atoms in total. The van der Waals surface area contributed by atoms with Crippen LogP contribution in [0.25, 0.3) is 0 Å². The highest BCUT2D eigenvalue weighted by Crippen LogP contribution is 2.35. The zero-order chi connectivity index (χ0) is 11.7. The third kappa shape index (κ3) is 2.44. The highest BCUT2D eigenvalue weighted by atomic mass is 35.5. The van der Waals surface area contributed by atoms with E-state index >= 15 is 0 Å². The number of aromatic nitrogens is 3. The Morgan fingerprint density at radius 3 is 1.53 bits per heavy atom. The molecule has 17 heavy (non-hydrogen) atoms. The maximum Gasteiger partial charge on any atom is 0.225 e. The lowest BCUT2D eigenvalue weighted by Crippen LogP contribution is -2.09. The number of hydrogen-bond donors (Lipinski definition) is 0. The van der Waals surface area contributed by atoms with E-state index in [1.807, 2.05) is 0 Å². The summed E-state index contributed by atoms with van der Waals surface area (Å²) in [4.78, 5) is 13.4. The zero-order valence-corrected chi connectivity index (χ0v) is 10.8. The normalized spacial score (nSPS) is 22.4. The third-order valence-electron chi connectivity index (χ3n) is 4.08. The molecule has 1 heterocycles. The molecule has 1 aromatic heterocycles. The molecule has 0 radical (unpaired) electrons. The Morgan fingerprint density at radius 2 is 1.12 bits per heavy atom. The summed E-state index contributed by atoms with van der Waals surface area (Å²) in [6.07, 6.45) is 10.0. The van der Waals surface area contributed by atoms with E-state index in [9.17, 15) is 0 Å². The molecule has 0 bridgehead atoms. The first-order chi connectivity index (χ1) is 8.33. The van der Waals surface area contributed by atoms with Crippen LogP contribution in [0.2, 0.25) is 5.28 Å². The van der Waals surface area contributed by atoms with E-state index in [4.69, 9.17) is 16.6 Å². The van der Waals surface area contributed by atoms with E-state index < -0.39 is 0 Å². The van der Waals surface area contributed by atoms with Crippen LogP contribution in [-0.4, -0.2) is 15.0 Å². The van der Waals surface area contributed by atoms with Gasteiger partial charge in [0.05, 0.1) is 0 Å². The number of hydrogen-bond acceptors (Lipinski definition) is 3. The van der Waals surface area contributed by atoms with Crippen molar-refractivity contribution in [3.05, 3.63) is 16.9 Å². The Balaban J connectivity index is 1.88. The molecule has 0 saturated heterocycles. The molecule has 1 aromatic rings. The molecule has 0 amide bonds. The van der Waals surface area contributed by atoms with Crippen LogP contribution in [0, 0.1) is 0 Å². The Labute approximate surface area is 107 Å².